The van der Waals surface area contributed by atoms with E-state index in [9.17, 15) is 4.79 Å². The third-order valence-electron chi connectivity index (χ3n) is 5.54. The summed E-state index contributed by atoms with van der Waals surface area (Å²) < 4.78 is 18.6. The summed E-state index contributed by atoms with van der Waals surface area (Å²) in [7, 11) is 3.30. The van der Waals surface area contributed by atoms with E-state index in [2.05, 4.69) is 28.2 Å². The maximum Gasteiger partial charge on any atom is 0.224 e. The van der Waals surface area contributed by atoms with E-state index in [1.54, 1.807) is 14.2 Å². The van der Waals surface area contributed by atoms with Gasteiger partial charge in [-0.1, -0.05) is 18.2 Å². The summed E-state index contributed by atoms with van der Waals surface area (Å²) in [5.74, 6) is 1.54. The first kappa shape index (κ1) is 20.3. The van der Waals surface area contributed by atoms with Gasteiger partial charge in [0.2, 0.25) is 5.91 Å². The fraction of sp³-hybridized carbons (Fsp3) is 0.375. The van der Waals surface area contributed by atoms with Crippen LogP contribution in [-0.4, -0.2) is 43.9 Å². The number of rotatable bonds is 8. The van der Waals surface area contributed by atoms with Gasteiger partial charge >= 0.3 is 0 Å². The third-order valence-corrected chi connectivity index (χ3v) is 5.54. The molecule has 6 heteroatoms. The van der Waals surface area contributed by atoms with Crippen LogP contribution in [0.4, 0.5) is 0 Å². The number of nitrogens with one attached hydrogen (secondary N) is 1. The Hall–Kier alpha value is -2.99. The quantitative estimate of drug-likeness (QED) is 0.619. The molecule has 1 aromatic heterocycles. The molecular weight excluding hydrogens is 380 g/mol. The maximum absolute atomic E-state index is 12.5. The first-order valence-corrected chi connectivity index (χ1v) is 10.3. The fourth-order valence-electron chi connectivity index (χ4n) is 4.02. The molecule has 3 aromatic rings. The van der Waals surface area contributed by atoms with Gasteiger partial charge in [0.25, 0.3) is 0 Å². The zero-order valence-electron chi connectivity index (χ0n) is 17.5. The number of carbonyl (C=O) groups is 1. The number of hydrogen-bond donors (Lipinski definition) is 1. The second kappa shape index (κ2) is 9.22. The zero-order chi connectivity index (χ0) is 20.9. The number of carbonyl (C=O) groups excluding carboxylic acids is 1. The number of amides is 1. The van der Waals surface area contributed by atoms with Crippen molar-refractivity contribution in [3.63, 3.8) is 0 Å². The lowest BCUT2D eigenvalue weighted by molar-refractivity contribution is -0.120. The molecule has 158 valence electrons. The van der Waals surface area contributed by atoms with Crippen molar-refractivity contribution in [2.75, 3.05) is 27.4 Å². The van der Waals surface area contributed by atoms with Gasteiger partial charge in [0.1, 0.15) is 11.5 Å². The molecule has 6 nitrogen and oxygen atoms in total. The van der Waals surface area contributed by atoms with Crippen molar-refractivity contribution in [3.05, 3.63) is 59.8 Å². The molecule has 1 aliphatic heterocycles. The molecule has 30 heavy (non-hydrogen) atoms. The van der Waals surface area contributed by atoms with Gasteiger partial charge in [-0.3, -0.25) is 4.79 Å². The summed E-state index contributed by atoms with van der Waals surface area (Å²) in [5, 5.41) is 4.12. The van der Waals surface area contributed by atoms with Crippen LogP contribution in [0.1, 0.15) is 24.0 Å². The van der Waals surface area contributed by atoms with E-state index in [1.165, 1.54) is 0 Å². The summed E-state index contributed by atoms with van der Waals surface area (Å²) in [5.41, 5.74) is 3.19. The number of aromatic nitrogens is 1. The molecule has 1 aliphatic rings. The molecule has 0 spiro atoms. The van der Waals surface area contributed by atoms with Gasteiger partial charge in [0.15, 0.2) is 0 Å². The lowest BCUT2D eigenvalue weighted by Gasteiger charge is -2.10. The Morgan fingerprint density at radius 2 is 1.93 bits per heavy atom. The monoisotopic (exact) mass is 408 g/mol. The molecule has 1 atom stereocenters. The summed E-state index contributed by atoms with van der Waals surface area (Å²) in [6, 6.07) is 14.1. The van der Waals surface area contributed by atoms with Crippen LogP contribution in [0.5, 0.6) is 11.5 Å². The average Bonchev–Trinajstić information content (AvgIpc) is 3.41. The highest BCUT2D eigenvalue weighted by molar-refractivity contribution is 5.89. The Balaban J connectivity index is 1.54. The predicted octanol–water partition coefficient (Wildman–Crippen LogP) is 3.54. The largest absolute Gasteiger partial charge is 0.497 e. The molecule has 0 unspecified atom stereocenters. The molecule has 0 bridgehead atoms. The van der Waals surface area contributed by atoms with Crippen LogP contribution < -0.4 is 14.8 Å². The number of benzene rings is 2. The normalized spacial score (nSPS) is 16.0. The van der Waals surface area contributed by atoms with Gasteiger partial charge in [-0.05, 0) is 42.2 Å². The van der Waals surface area contributed by atoms with Crippen molar-refractivity contribution < 1.29 is 19.0 Å². The molecule has 0 radical (unpaired) electrons. The van der Waals surface area contributed by atoms with Crippen LogP contribution >= 0.6 is 0 Å². The van der Waals surface area contributed by atoms with Crippen molar-refractivity contribution in [1.29, 1.82) is 0 Å². The van der Waals surface area contributed by atoms with Crippen molar-refractivity contribution >= 4 is 16.8 Å². The van der Waals surface area contributed by atoms with Crippen LogP contribution in [-0.2, 0) is 22.5 Å². The molecule has 1 fully saturated rings. The molecule has 1 amide bonds. The van der Waals surface area contributed by atoms with Crippen LogP contribution in [0.15, 0.2) is 48.7 Å². The van der Waals surface area contributed by atoms with Crippen molar-refractivity contribution in [3.8, 4) is 11.5 Å². The minimum atomic E-state index is 0.0245. The number of methoxy groups -OCH3 is 2. The number of hydrogen-bond acceptors (Lipinski definition) is 4. The van der Waals surface area contributed by atoms with E-state index in [-0.39, 0.29) is 12.0 Å². The van der Waals surface area contributed by atoms with Gasteiger partial charge in [0.05, 0.1) is 26.7 Å². The van der Waals surface area contributed by atoms with E-state index in [0.29, 0.717) is 19.5 Å². The Morgan fingerprint density at radius 1 is 1.17 bits per heavy atom. The van der Waals surface area contributed by atoms with Gasteiger partial charge in [0, 0.05) is 42.9 Å². The van der Waals surface area contributed by atoms with E-state index in [0.717, 1.165) is 53.0 Å². The van der Waals surface area contributed by atoms with Crippen LogP contribution in [0.2, 0.25) is 0 Å². The van der Waals surface area contributed by atoms with Crippen LogP contribution in [0, 0.1) is 0 Å². The van der Waals surface area contributed by atoms with E-state index >= 15 is 0 Å². The SMILES string of the molecule is COc1cc(Cn2cc(CC(=O)NC[C@@H]3CCCO3)c3ccccc32)cc(OC)c1. The fourth-order valence-corrected chi connectivity index (χ4v) is 4.02. The van der Waals surface area contributed by atoms with Crippen molar-refractivity contribution in [2.45, 2.75) is 31.9 Å². The standard InChI is InChI=1S/C24H28N2O4/c1-28-20-10-17(11-21(13-20)29-2)15-26-16-18(22-7-3-4-8-23(22)26)12-24(27)25-14-19-6-5-9-30-19/h3-4,7-8,10-11,13,16,19H,5-6,9,12,14-15H2,1-2H3,(H,25,27)/t19-/m0/s1. The average molecular weight is 408 g/mol. The first-order valence-electron chi connectivity index (χ1n) is 10.3. The molecule has 2 aromatic carbocycles. The Kier molecular flexibility index (Phi) is 6.23. The lowest BCUT2D eigenvalue weighted by atomic mass is 10.1. The number of ether oxygens (including phenoxy) is 3. The highest BCUT2D eigenvalue weighted by atomic mass is 16.5. The summed E-state index contributed by atoms with van der Waals surface area (Å²) >= 11 is 0. The number of nitrogens with zero attached hydrogens (tertiary/aromatic N) is 1. The molecule has 4 rings (SSSR count). The number of fused-ring (bicyclic) bond motifs is 1. The van der Waals surface area contributed by atoms with E-state index in [1.807, 2.05) is 30.3 Å². The van der Waals surface area contributed by atoms with Gasteiger partial charge in [-0.2, -0.15) is 0 Å². The zero-order valence-corrected chi connectivity index (χ0v) is 17.5. The van der Waals surface area contributed by atoms with E-state index in [4.69, 9.17) is 14.2 Å². The second-order valence-electron chi connectivity index (χ2n) is 7.64. The Labute approximate surface area is 176 Å². The van der Waals surface area contributed by atoms with Crippen molar-refractivity contribution in [1.82, 2.24) is 9.88 Å². The van der Waals surface area contributed by atoms with E-state index < -0.39 is 0 Å². The summed E-state index contributed by atoms with van der Waals surface area (Å²) in [6.07, 6.45) is 4.66. The van der Waals surface area contributed by atoms with Gasteiger partial charge in [-0.25, -0.2) is 0 Å². The van der Waals surface area contributed by atoms with Crippen LogP contribution in [0.25, 0.3) is 10.9 Å². The molecule has 2 heterocycles. The minimum absolute atomic E-state index is 0.0245. The molecular formula is C24H28N2O4. The Morgan fingerprint density at radius 3 is 2.63 bits per heavy atom. The number of para-hydroxylation sites is 1. The lowest BCUT2D eigenvalue weighted by Crippen LogP contribution is -2.32. The topological polar surface area (TPSA) is 61.7 Å². The second-order valence-corrected chi connectivity index (χ2v) is 7.64. The predicted molar refractivity (Wildman–Crippen MR) is 116 cm³/mol. The first-order chi connectivity index (χ1) is 14.7. The maximum atomic E-state index is 12.5. The highest BCUT2D eigenvalue weighted by Crippen LogP contribution is 2.26. The molecule has 1 N–H and O–H groups in total. The molecule has 0 aliphatic carbocycles. The van der Waals surface area contributed by atoms with Crippen molar-refractivity contribution in [2.24, 2.45) is 0 Å². The van der Waals surface area contributed by atoms with Gasteiger partial charge in [-0.15, -0.1) is 0 Å². The minimum Gasteiger partial charge on any atom is -0.497 e. The van der Waals surface area contributed by atoms with Gasteiger partial charge < -0.3 is 24.1 Å². The third kappa shape index (κ3) is 4.60. The highest BCUT2D eigenvalue weighted by Gasteiger charge is 2.17. The molecule has 1 saturated heterocycles. The molecule has 0 saturated carbocycles. The smallest absolute Gasteiger partial charge is 0.224 e. The summed E-state index contributed by atoms with van der Waals surface area (Å²) in [4.78, 5) is 12.5. The Bertz CT molecular complexity index is 999. The van der Waals surface area contributed by atoms with Crippen LogP contribution in [0.3, 0.4) is 0 Å². The summed E-state index contributed by atoms with van der Waals surface area (Å²) in [6.45, 7) is 2.04.